The number of aromatic nitrogens is 1. The van der Waals surface area contributed by atoms with Crippen LogP contribution in [0.1, 0.15) is 45.9 Å². The Labute approximate surface area is 199 Å². The summed E-state index contributed by atoms with van der Waals surface area (Å²) in [6.07, 6.45) is 0. The van der Waals surface area contributed by atoms with Crippen molar-refractivity contribution in [3.63, 3.8) is 0 Å². The first-order valence-electron chi connectivity index (χ1n) is 11.2. The second-order valence-corrected chi connectivity index (χ2v) is 8.34. The van der Waals surface area contributed by atoms with E-state index in [9.17, 15) is 9.59 Å². The van der Waals surface area contributed by atoms with Gasteiger partial charge in [-0.2, -0.15) is 0 Å². The number of hydrogen-bond donors (Lipinski definition) is 0. The molecule has 8 nitrogen and oxygen atoms in total. The highest BCUT2D eigenvalue weighted by molar-refractivity contribution is 5.95. The zero-order chi connectivity index (χ0) is 24.2. The Morgan fingerprint density at radius 1 is 1.12 bits per heavy atom. The summed E-state index contributed by atoms with van der Waals surface area (Å²) < 4.78 is 16.6. The Hall–Kier alpha value is -3.81. The molecule has 1 saturated heterocycles. The van der Waals surface area contributed by atoms with Gasteiger partial charge < -0.3 is 23.8 Å². The number of amides is 2. The second-order valence-electron chi connectivity index (χ2n) is 8.34. The minimum atomic E-state index is -0.287. The van der Waals surface area contributed by atoms with Crippen molar-refractivity contribution in [3.05, 3.63) is 76.7 Å². The number of para-hydroxylation sites is 1. The van der Waals surface area contributed by atoms with Crippen LogP contribution >= 0.6 is 0 Å². The monoisotopic (exact) mass is 463 g/mol. The molecule has 34 heavy (non-hydrogen) atoms. The van der Waals surface area contributed by atoms with Crippen molar-refractivity contribution >= 4 is 11.8 Å². The van der Waals surface area contributed by atoms with E-state index in [1.807, 2.05) is 44.2 Å². The van der Waals surface area contributed by atoms with E-state index in [2.05, 4.69) is 5.16 Å². The standard InChI is InChI=1S/C26H29N3O5/c1-17-23(18(2)34-27-17)16-33-21-9-7-8-20(14-21)26(31)28-12-13-29(19(3)30)24(15-28)22-10-5-6-11-25(22)32-4/h5-11,14,24H,12-13,15-16H2,1-4H3. The SMILES string of the molecule is COc1ccccc1C1CN(C(=O)c2cccc(OCc3c(C)noc3C)c2)CCN1C(C)=O. The van der Waals surface area contributed by atoms with Crippen LogP contribution in [-0.2, 0) is 11.4 Å². The number of rotatable bonds is 6. The summed E-state index contributed by atoms with van der Waals surface area (Å²) in [6, 6.07) is 14.5. The predicted molar refractivity (Wildman–Crippen MR) is 126 cm³/mol. The molecule has 2 heterocycles. The van der Waals surface area contributed by atoms with Crippen LogP contribution in [0.5, 0.6) is 11.5 Å². The summed E-state index contributed by atoms with van der Waals surface area (Å²) >= 11 is 0. The summed E-state index contributed by atoms with van der Waals surface area (Å²) in [7, 11) is 1.61. The molecular weight excluding hydrogens is 434 g/mol. The summed E-state index contributed by atoms with van der Waals surface area (Å²) in [4.78, 5) is 29.3. The van der Waals surface area contributed by atoms with Gasteiger partial charge in [-0.25, -0.2) is 0 Å². The molecule has 2 amide bonds. The van der Waals surface area contributed by atoms with Crippen molar-refractivity contribution in [2.75, 3.05) is 26.7 Å². The zero-order valence-corrected chi connectivity index (χ0v) is 19.9. The quantitative estimate of drug-likeness (QED) is 0.551. The molecule has 0 aliphatic carbocycles. The summed E-state index contributed by atoms with van der Waals surface area (Å²) in [5, 5.41) is 3.95. The van der Waals surface area contributed by atoms with Crippen molar-refractivity contribution < 1.29 is 23.6 Å². The molecule has 1 atom stereocenters. The molecule has 0 saturated carbocycles. The van der Waals surface area contributed by atoms with Crippen LogP contribution in [0.4, 0.5) is 0 Å². The molecule has 1 fully saturated rings. The second kappa shape index (κ2) is 9.99. The van der Waals surface area contributed by atoms with E-state index in [0.717, 1.165) is 22.6 Å². The number of piperazine rings is 1. The van der Waals surface area contributed by atoms with Crippen molar-refractivity contribution in [2.45, 2.75) is 33.4 Å². The third-order valence-electron chi connectivity index (χ3n) is 6.22. The number of nitrogens with zero attached hydrogens (tertiary/aromatic N) is 3. The first-order valence-corrected chi connectivity index (χ1v) is 11.2. The average Bonchev–Trinajstić information content (AvgIpc) is 3.18. The molecule has 0 spiro atoms. The largest absolute Gasteiger partial charge is 0.496 e. The Kier molecular flexibility index (Phi) is 6.86. The molecule has 1 aliphatic heterocycles. The highest BCUT2D eigenvalue weighted by Crippen LogP contribution is 2.33. The van der Waals surface area contributed by atoms with Gasteiger partial charge in [0, 0.05) is 37.7 Å². The molecule has 3 aromatic rings. The van der Waals surface area contributed by atoms with Gasteiger partial charge in [-0.3, -0.25) is 9.59 Å². The highest BCUT2D eigenvalue weighted by atomic mass is 16.5. The molecule has 4 rings (SSSR count). The first kappa shape index (κ1) is 23.4. The topological polar surface area (TPSA) is 85.1 Å². The van der Waals surface area contributed by atoms with Gasteiger partial charge in [0.05, 0.1) is 24.4 Å². The molecule has 0 bridgehead atoms. The van der Waals surface area contributed by atoms with Gasteiger partial charge in [-0.15, -0.1) is 0 Å². The van der Waals surface area contributed by atoms with Crippen LogP contribution < -0.4 is 9.47 Å². The Balaban J connectivity index is 1.52. The number of benzene rings is 2. The zero-order valence-electron chi connectivity index (χ0n) is 19.9. The van der Waals surface area contributed by atoms with E-state index in [1.165, 1.54) is 0 Å². The maximum absolute atomic E-state index is 13.4. The van der Waals surface area contributed by atoms with Gasteiger partial charge in [-0.1, -0.05) is 29.4 Å². The van der Waals surface area contributed by atoms with Crippen molar-refractivity contribution in [3.8, 4) is 11.5 Å². The van der Waals surface area contributed by atoms with E-state index in [1.54, 1.807) is 42.0 Å². The van der Waals surface area contributed by atoms with Crippen LogP contribution in [0, 0.1) is 13.8 Å². The fourth-order valence-corrected chi connectivity index (χ4v) is 4.32. The lowest BCUT2D eigenvalue weighted by Gasteiger charge is -2.41. The summed E-state index contributed by atoms with van der Waals surface area (Å²) in [5.74, 6) is 1.87. The van der Waals surface area contributed by atoms with Crippen molar-refractivity contribution in [1.82, 2.24) is 15.0 Å². The van der Waals surface area contributed by atoms with E-state index >= 15 is 0 Å². The molecule has 1 aliphatic rings. The van der Waals surface area contributed by atoms with E-state index in [0.29, 0.717) is 43.3 Å². The maximum atomic E-state index is 13.4. The number of methoxy groups -OCH3 is 1. The predicted octanol–water partition coefficient (Wildman–Crippen LogP) is 3.92. The fourth-order valence-electron chi connectivity index (χ4n) is 4.32. The smallest absolute Gasteiger partial charge is 0.254 e. The molecule has 0 radical (unpaired) electrons. The molecule has 0 N–H and O–H groups in total. The molecule has 8 heteroatoms. The van der Waals surface area contributed by atoms with Gasteiger partial charge in [0.15, 0.2) is 0 Å². The lowest BCUT2D eigenvalue weighted by atomic mass is 10.00. The maximum Gasteiger partial charge on any atom is 0.254 e. The molecule has 1 aromatic heterocycles. The van der Waals surface area contributed by atoms with Gasteiger partial charge in [-0.05, 0) is 38.1 Å². The van der Waals surface area contributed by atoms with Gasteiger partial charge in [0.1, 0.15) is 23.9 Å². The number of aryl methyl sites for hydroxylation is 2. The van der Waals surface area contributed by atoms with E-state index in [4.69, 9.17) is 14.0 Å². The van der Waals surface area contributed by atoms with Crippen LogP contribution in [-0.4, -0.2) is 53.5 Å². The molecule has 1 unspecified atom stereocenters. The minimum absolute atomic E-state index is 0.0299. The lowest BCUT2D eigenvalue weighted by Crippen LogP contribution is -2.51. The third-order valence-corrected chi connectivity index (χ3v) is 6.22. The number of hydrogen-bond acceptors (Lipinski definition) is 6. The van der Waals surface area contributed by atoms with Crippen LogP contribution in [0.2, 0.25) is 0 Å². The van der Waals surface area contributed by atoms with Crippen molar-refractivity contribution in [1.29, 1.82) is 0 Å². The Morgan fingerprint density at radius 2 is 1.91 bits per heavy atom. The Bertz CT molecular complexity index is 1170. The molecule has 178 valence electrons. The number of carbonyl (C=O) groups excluding carboxylic acids is 2. The van der Waals surface area contributed by atoms with Crippen LogP contribution in [0.15, 0.2) is 53.1 Å². The summed E-state index contributed by atoms with van der Waals surface area (Å²) in [5.41, 5.74) is 3.10. The van der Waals surface area contributed by atoms with Crippen molar-refractivity contribution in [2.24, 2.45) is 0 Å². The minimum Gasteiger partial charge on any atom is -0.496 e. The molecule has 2 aromatic carbocycles. The Morgan fingerprint density at radius 3 is 2.62 bits per heavy atom. The molecular formula is C26H29N3O5. The van der Waals surface area contributed by atoms with E-state index in [-0.39, 0.29) is 17.9 Å². The van der Waals surface area contributed by atoms with Gasteiger partial charge in [0.25, 0.3) is 5.91 Å². The normalized spacial score (nSPS) is 15.8. The van der Waals surface area contributed by atoms with Gasteiger partial charge in [0.2, 0.25) is 5.91 Å². The number of carbonyl (C=O) groups is 2. The van der Waals surface area contributed by atoms with E-state index < -0.39 is 0 Å². The fraction of sp³-hybridized carbons (Fsp3) is 0.346. The van der Waals surface area contributed by atoms with Crippen LogP contribution in [0.25, 0.3) is 0 Å². The summed E-state index contributed by atoms with van der Waals surface area (Å²) in [6.45, 7) is 6.86. The third kappa shape index (κ3) is 4.76. The highest BCUT2D eigenvalue weighted by Gasteiger charge is 2.34. The average molecular weight is 464 g/mol. The van der Waals surface area contributed by atoms with Crippen LogP contribution in [0.3, 0.4) is 0 Å². The number of ether oxygens (including phenoxy) is 2. The van der Waals surface area contributed by atoms with Gasteiger partial charge >= 0.3 is 0 Å². The first-order chi connectivity index (χ1) is 16.4. The lowest BCUT2D eigenvalue weighted by molar-refractivity contribution is -0.133.